The molecule has 0 bridgehead atoms. The summed E-state index contributed by atoms with van der Waals surface area (Å²) in [5.74, 6) is 1.46. The van der Waals surface area contributed by atoms with Crippen LogP contribution in [0.5, 0.6) is 5.75 Å². The van der Waals surface area contributed by atoms with Crippen molar-refractivity contribution in [3.05, 3.63) is 39.2 Å². The first-order valence-corrected chi connectivity index (χ1v) is 8.02. The van der Waals surface area contributed by atoms with Crippen LogP contribution in [0, 0.1) is 13.8 Å². The minimum Gasteiger partial charge on any atom is -0.496 e. The van der Waals surface area contributed by atoms with Gasteiger partial charge < -0.3 is 14.1 Å². The van der Waals surface area contributed by atoms with E-state index in [0.29, 0.717) is 22.3 Å². The number of hydrogen-bond acceptors (Lipinski definition) is 5. The molecule has 0 atom stereocenters. The van der Waals surface area contributed by atoms with Crippen molar-refractivity contribution in [1.29, 1.82) is 0 Å². The van der Waals surface area contributed by atoms with E-state index < -0.39 is 0 Å². The zero-order valence-electron chi connectivity index (χ0n) is 14.3. The van der Waals surface area contributed by atoms with Gasteiger partial charge in [-0.3, -0.25) is 9.69 Å². The molecular weight excluding hydrogens is 292 g/mol. The van der Waals surface area contributed by atoms with Crippen LogP contribution in [-0.2, 0) is 6.54 Å². The average molecular weight is 316 g/mol. The predicted octanol–water partition coefficient (Wildman–Crippen LogP) is 2.17. The zero-order chi connectivity index (χ0) is 16.6. The fraction of sp³-hybridized carbons (Fsp3) is 0.500. The molecule has 5 nitrogen and oxygen atoms in total. The first kappa shape index (κ1) is 16.0. The van der Waals surface area contributed by atoms with Crippen LogP contribution < -0.4 is 10.2 Å². The van der Waals surface area contributed by atoms with Gasteiger partial charge in [-0.05, 0) is 33.0 Å². The molecule has 0 N–H and O–H groups in total. The van der Waals surface area contributed by atoms with E-state index in [1.165, 1.54) is 0 Å². The summed E-state index contributed by atoms with van der Waals surface area (Å²) >= 11 is 0. The Hall–Kier alpha value is -1.85. The molecule has 0 saturated carbocycles. The summed E-state index contributed by atoms with van der Waals surface area (Å²) in [6, 6.07) is 3.68. The number of piperazine rings is 1. The summed E-state index contributed by atoms with van der Waals surface area (Å²) < 4.78 is 11.5. The predicted molar refractivity (Wildman–Crippen MR) is 91.3 cm³/mol. The van der Waals surface area contributed by atoms with Gasteiger partial charge in [0.15, 0.2) is 5.43 Å². The van der Waals surface area contributed by atoms with Crippen molar-refractivity contribution >= 4 is 11.0 Å². The standard InChI is InChI=1S/C18H24N2O3/c1-12-13(2)23-18-14(17(12)21)5-6-16(22-4)15(18)11-20-9-7-19(3)8-10-20/h5-6H,7-11H2,1-4H3. The molecule has 3 rings (SSSR count). The van der Waals surface area contributed by atoms with Gasteiger partial charge >= 0.3 is 0 Å². The number of methoxy groups -OCH3 is 1. The van der Waals surface area contributed by atoms with Gasteiger partial charge in [-0.15, -0.1) is 0 Å². The number of likely N-dealkylation sites (N-methyl/N-ethyl adjacent to an activating group) is 1. The lowest BCUT2D eigenvalue weighted by Crippen LogP contribution is -2.43. The number of hydrogen-bond donors (Lipinski definition) is 0. The van der Waals surface area contributed by atoms with E-state index in [4.69, 9.17) is 9.15 Å². The topological polar surface area (TPSA) is 45.9 Å². The van der Waals surface area contributed by atoms with Crippen LogP contribution in [0.1, 0.15) is 16.9 Å². The second-order valence-electron chi connectivity index (χ2n) is 6.31. The molecule has 23 heavy (non-hydrogen) atoms. The summed E-state index contributed by atoms with van der Waals surface area (Å²) in [5.41, 5.74) is 2.35. The van der Waals surface area contributed by atoms with E-state index in [0.717, 1.165) is 44.0 Å². The number of fused-ring (bicyclic) bond motifs is 1. The minimum atomic E-state index is 0.0473. The van der Waals surface area contributed by atoms with Gasteiger partial charge in [0.1, 0.15) is 17.1 Å². The average Bonchev–Trinajstić information content (AvgIpc) is 2.55. The zero-order valence-corrected chi connectivity index (χ0v) is 14.3. The molecule has 124 valence electrons. The van der Waals surface area contributed by atoms with Crippen molar-refractivity contribution in [3.8, 4) is 5.75 Å². The number of ether oxygens (including phenoxy) is 1. The van der Waals surface area contributed by atoms with Crippen LogP contribution in [0.4, 0.5) is 0 Å². The number of aryl methyl sites for hydroxylation is 1. The van der Waals surface area contributed by atoms with E-state index in [9.17, 15) is 4.79 Å². The van der Waals surface area contributed by atoms with Crippen LogP contribution >= 0.6 is 0 Å². The van der Waals surface area contributed by atoms with E-state index in [-0.39, 0.29) is 5.43 Å². The van der Waals surface area contributed by atoms with Gasteiger partial charge in [-0.1, -0.05) is 0 Å². The van der Waals surface area contributed by atoms with E-state index in [1.807, 2.05) is 19.9 Å². The van der Waals surface area contributed by atoms with E-state index in [2.05, 4.69) is 16.8 Å². The summed E-state index contributed by atoms with van der Waals surface area (Å²) in [6.45, 7) is 8.50. The summed E-state index contributed by atoms with van der Waals surface area (Å²) in [4.78, 5) is 17.2. The highest BCUT2D eigenvalue weighted by molar-refractivity contribution is 5.82. The van der Waals surface area contributed by atoms with E-state index >= 15 is 0 Å². The smallest absolute Gasteiger partial charge is 0.195 e. The molecule has 5 heteroatoms. The first-order valence-electron chi connectivity index (χ1n) is 8.02. The van der Waals surface area contributed by atoms with Crippen LogP contribution in [0.25, 0.3) is 11.0 Å². The molecule has 0 aliphatic carbocycles. The lowest BCUT2D eigenvalue weighted by molar-refractivity contribution is 0.147. The van der Waals surface area contributed by atoms with Gasteiger partial charge in [0.25, 0.3) is 0 Å². The van der Waals surface area contributed by atoms with E-state index in [1.54, 1.807) is 13.2 Å². The Bertz CT molecular complexity index is 774. The van der Waals surface area contributed by atoms with Gasteiger partial charge in [-0.2, -0.15) is 0 Å². The number of rotatable bonds is 3. The second kappa shape index (κ2) is 6.34. The summed E-state index contributed by atoms with van der Waals surface area (Å²) in [6.07, 6.45) is 0. The quantitative estimate of drug-likeness (QED) is 0.868. The highest BCUT2D eigenvalue weighted by Gasteiger charge is 2.20. The molecular formula is C18H24N2O3. The van der Waals surface area contributed by atoms with Gasteiger partial charge in [0, 0.05) is 38.3 Å². The number of nitrogens with zero attached hydrogens (tertiary/aromatic N) is 2. The molecule has 1 aliphatic rings. The molecule has 0 spiro atoms. The Morgan fingerprint density at radius 1 is 1.17 bits per heavy atom. The third-order valence-corrected chi connectivity index (χ3v) is 4.78. The largest absolute Gasteiger partial charge is 0.496 e. The summed E-state index contributed by atoms with van der Waals surface area (Å²) in [5, 5.41) is 0.637. The lowest BCUT2D eigenvalue weighted by atomic mass is 10.1. The molecule has 1 saturated heterocycles. The molecule has 0 radical (unpaired) electrons. The van der Waals surface area contributed by atoms with Crippen molar-refractivity contribution in [3.63, 3.8) is 0 Å². The molecule has 1 aromatic carbocycles. The van der Waals surface area contributed by atoms with Crippen molar-refractivity contribution in [1.82, 2.24) is 9.80 Å². The van der Waals surface area contributed by atoms with Gasteiger partial charge in [0.2, 0.25) is 0 Å². The fourth-order valence-electron chi connectivity index (χ4n) is 3.07. The third-order valence-electron chi connectivity index (χ3n) is 4.78. The Morgan fingerprint density at radius 3 is 2.52 bits per heavy atom. The number of benzene rings is 1. The van der Waals surface area contributed by atoms with Gasteiger partial charge in [0.05, 0.1) is 18.1 Å². The normalized spacial score (nSPS) is 16.9. The summed E-state index contributed by atoms with van der Waals surface area (Å²) in [7, 11) is 3.80. The molecule has 2 aromatic rings. The van der Waals surface area contributed by atoms with Crippen molar-refractivity contribution in [2.45, 2.75) is 20.4 Å². The first-order chi connectivity index (χ1) is 11.0. The van der Waals surface area contributed by atoms with Crippen molar-refractivity contribution in [2.24, 2.45) is 0 Å². The molecule has 1 fully saturated rings. The van der Waals surface area contributed by atoms with Crippen LogP contribution in [0.2, 0.25) is 0 Å². The minimum absolute atomic E-state index is 0.0473. The highest BCUT2D eigenvalue weighted by Crippen LogP contribution is 2.29. The lowest BCUT2D eigenvalue weighted by Gasteiger charge is -2.32. The van der Waals surface area contributed by atoms with Gasteiger partial charge in [-0.25, -0.2) is 0 Å². The second-order valence-corrected chi connectivity index (χ2v) is 6.31. The van der Waals surface area contributed by atoms with Crippen LogP contribution in [0.15, 0.2) is 21.3 Å². The van der Waals surface area contributed by atoms with Crippen molar-refractivity contribution < 1.29 is 9.15 Å². The van der Waals surface area contributed by atoms with Crippen molar-refractivity contribution in [2.75, 3.05) is 40.3 Å². The van der Waals surface area contributed by atoms with Crippen LogP contribution in [0.3, 0.4) is 0 Å². The maximum absolute atomic E-state index is 12.5. The molecule has 0 amide bonds. The Balaban J connectivity index is 2.08. The molecule has 2 heterocycles. The highest BCUT2D eigenvalue weighted by atomic mass is 16.5. The maximum Gasteiger partial charge on any atom is 0.195 e. The Morgan fingerprint density at radius 2 is 1.87 bits per heavy atom. The Kier molecular flexibility index (Phi) is 4.41. The molecule has 0 unspecified atom stereocenters. The maximum atomic E-state index is 12.5. The SMILES string of the molecule is COc1ccc2c(=O)c(C)c(C)oc2c1CN1CCN(C)CC1. The third kappa shape index (κ3) is 2.99. The van der Waals surface area contributed by atoms with Crippen LogP contribution in [-0.4, -0.2) is 50.1 Å². The fourth-order valence-corrected chi connectivity index (χ4v) is 3.07. The monoisotopic (exact) mass is 316 g/mol. The molecule has 1 aromatic heterocycles. The molecule has 1 aliphatic heterocycles. The Labute approximate surface area is 136 Å².